The van der Waals surface area contributed by atoms with Crippen molar-refractivity contribution in [3.05, 3.63) is 41.7 Å². The Kier molecular flexibility index (Phi) is 8.03. The third kappa shape index (κ3) is 5.33. The normalized spacial score (nSPS) is 42.7. The zero-order chi connectivity index (χ0) is 27.9. The van der Waals surface area contributed by atoms with E-state index in [9.17, 15) is 9.59 Å². The summed E-state index contributed by atoms with van der Waals surface area (Å²) in [7, 11) is 0. The fourth-order valence-electron chi connectivity index (χ4n) is 9.10. The Morgan fingerprint density at radius 3 is 2.56 bits per heavy atom. The molecule has 0 aromatic rings. The summed E-state index contributed by atoms with van der Waals surface area (Å²) in [6.45, 7) is 14.0. The van der Waals surface area contributed by atoms with Crippen LogP contribution in [0.2, 0.25) is 0 Å². The summed E-state index contributed by atoms with van der Waals surface area (Å²) >= 11 is 0. The molecule has 0 spiro atoms. The van der Waals surface area contributed by atoms with E-state index >= 15 is 0 Å². The first-order chi connectivity index (χ1) is 18.5. The fraction of sp³-hybridized carbons (Fsp3) is 0.727. The molecule has 1 heterocycles. The molecule has 1 aliphatic heterocycles. The molecule has 4 aliphatic carbocycles. The van der Waals surface area contributed by atoms with Gasteiger partial charge in [0, 0.05) is 13.8 Å². The quantitative estimate of drug-likeness (QED) is 0.220. The van der Waals surface area contributed by atoms with E-state index in [4.69, 9.17) is 18.9 Å². The molecular formula is C33H46O6. The number of hydrogen-bond donors (Lipinski definition) is 0. The van der Waals surface area contributed by atoms with Crippen molar-refractivity contribution >= 4 is 11.9 Å². The van der Waals surface area contributed by atoms with Crippen LogP contribution in [0.25, 0.3) is 0 Å². The van der Waals surface area contributed by atoms with Gasteiger partial charge in [0.25, 0.3) is 0 Å². The van der Waals surface area contributed by atoms with E-state index in [0.717, 1.165) is 37.0 Å². The number of carbonyl (C=O) groups excluding carboxylic acids is 2. The average molecular weight is 539 g/mol. The number of hydrogen-bond acceptors (Lipinski definition) is 6. The van der Waals surface area contributed by atoms with Crippen LogP contribution in [0.5, 0.6) is 0 Å². The van der Waals surface area contributed by atoms with Crippen molar-refractivity contribution in [3.63, 3.8) is 0 Å². The van der Waals surface area contributed by atoms with E-state index < -0.39 is 30.4 Å². The first-order valence-electron chi connectivity index (χ1n) is 14.9. The molecule has 6 nitrogen and oxygen atoms in total. The predicted molar refractivity (Wildman–Crippen MR) is 148 cm³/mol. The first-order valence-corrected chi connectivity index (χ1v) is 14.9. The second-order valence-corrected chi connectivity index (χ2v) is 13.1. The standard InChI is InChI=1S/C33H46O6/c1-7-20(2)26-10-11-27-25-9-8-23-18-24(14-16-32(23,5)28(25)15-17-33(26,27)6)38-31-13-12-29(37-22(4)35)30(39-31)19-36-21(3)34/h8,12-13,24-31H,1,9-11,14-19H2,2-6H3/t24-,25?,26+,27?,28?,29-,30+,31?,32-,33+/m0/s1. The maximum atomic E-state index is 11.5. The highest BCUT2D eigenvalue weighted by molar-refractivity contribution is 5.66. The summed E-state index contributed by atoms with van der Waals surface area (Å²) < 4.78 is 23.1. The zero-order valence-corrected chi connectivity index (χ0v) is 24.4. The molecule has 5 aliphatic rings. The summed E-state index contributed by atoms with van der Waals surface area (Å²) in [4.78, 5) is 22.9. The van der Waals surface area contributed by atoms with Crippen molar-refractivity contribution in [3.8, 4) is 0 Å². The molecule has 4 unspecified atom stereocenters. The molecule has 214 valence electrons. The minimum absolute atomic E-state index is 0.0114. The first kappa shape index (κ1) is 28.4. The fourth-order valence-corrected chi connectivity index (χ4v) is 9.10. The lowest BCUT2D eigenvalue weighted by Crippen LogP contribution is -2.51. The van der Waals surface area contributed by atoms with Crippen molar-refractivity contribution in [1.82, 2.24) is 0 Å². The lowest BCUT2D eigenvalue weighted by Gasteiger charge is -2.58. The summed E-state index contributed by atoms with van der Waals surface area (Å²) in [5, 5.41) is 0. The summed E-state index contributed by atoms with van der Waals surface area (Å²) in [6.07, 6.45) is 13.9. The third-order valence-electron chi connectivity index (χ3n) is 11.1. The Bertz CT molecular complexity index is 1080. The maximum absolute atomic E-state index is 11.5. The van der Waals surface area contributed by atoms with Crippen LogP contribution in [-0.4, -0.2) is 43.1 Å². The molecule has 0 N–H and O–H groups in total. The van der Waals surface area contributed by atoms with Gasteiger partial charge in [0.2, 0.25) is 0 Å². The molecule has 0 aromatic heterocycles. The van der Waals surface area contributed by atoms with E-state index in [-0.39, 0.29) is 18.1 Å². The molecule has 0 amide bonds. The molecule has 6 heteroatoms. The van der Waals surface area contributed by atoms with Gasteiger partial charge < -0.3 is 18.9 Å². The van der Waals surface area contributed by atoms with E-state index in [2.05, 4.69) is 39.2 Å². The van der Waals surface area contributed by atoms with Gasteiger partial charge in [-0.05, 0) is 111 Å². The third-order valence-corrected chi connectivity index (χ3v) is 11.1. The van der Waals surface area contributed by atoms with Crippen LogP contribution in [0.3, 0.4) is 0 Å². The van der Waals surface area contributed by atoms with Gasteiger partial charge in [0.15, 0.2) is 6.29 Å². The average Bonchev–Trinajstić information content (AvgIpc) is 3.25. The molecule has 10 atom stereocenters. The van der Waals surface area contributed by atoms with E-state index in [1.54, 1.807) is 11.6 Å². The summed E-state index contributed by atoms with van der Waals surface area (Å²) in [5.41, 5.74) is 6.79. The minimum atomic E-state index is -0.604. The van der Waals surface area contributed by atoms with Gasteiger partial charge in [-0.3, -0.25) is 9.59 Å². The van der Waals surface area contributed by atoms with Crippen LogP contribution in [-0.2, 0) is 28.5 Å². The predicted octanol–water partition coefficient (Wildman–Crippen LogP) is 6.46. The monoisotopic (exact) mass is 538 g/mol. The van der Waals surface area contributed by atoms with Crippen molar-refractivity contribution in [1.29, 1.82) is 0 Å². The lowest BCUT2D eigenvalue weighted by atomic mass is 9.47. The summed E-state index contributed by atoms with van der Waals surface area (Å²) in [5.74, 6) is 2.13. The van der Waals surface area contributed by atoms with Gasteiger partial charge in [0.05, 0.1) is 6.10 Å². The molecule has 0 saturated heterocycles. The molecule has 0 aromatic carbocycles. The number of esters is 2. The Hall–Kier alpha value is -2.14. The number of allylic oxidation sites excluding steroid dienone is 2. The van der Waals surface area contributed by atoms with Crippen LogP contribution in [0.4, 0.5) is 0 Å². The second-order valence-electron chi connectivity index (χ2n) is 13.1. The van der Waals surface area contributed by atoms with Gasteiger partial charge in [-0.15, -0.1) is 5.73 Å². The molecule has 0 bridgehead atoms. The molecule has 39 heavy (non-hydrogen) atoms. The topological polar surface area (TPSA) is 71.1 Å². The largest absolute Gasteiger partial charge is 0.463 e. The van der Waals surface area contributed by atoms with Crippen LogP contribution in [0, 0.1) is 34.5 Å². The van der Waals surface area contributed by atoms with Crippen molar-refractivity contribution in [2.75, 3.05) is 6.61 Å². The van der Waals surface area contributed by atoms with Gasteiger partial charge >= 0.3 is 11.9 Å². The maximum Gasteiger partial charge on any atom is 0.303 e. The van der Waals surface area contributed by atoms with Crippen molar-refractivity contribution < 1.29 is 28.5 Å². The Labute approximate surface area is 233 Å². The highest BCUT2D eigenvalue weighted by atomic mass is 16.7. The number of ether oxygens (including phenoxy) is 4. The highest BCUT2D eigenvalue weighted by Crippen LogP contribution is 2.67. The molecule has 3 saturated carbocycles. The van der Waals surface area contributed by atoms with Gasteiger partial charge in [0.1, 0.15) is 18.8 Å². The van der Waals surface area contributed by atoms with Crippen LogP contribution >= 0.6 is 0 Å². The van der Waals surface area contributed by atoms with E-state index in [1.165, 1.54) is 51.5 Å². The second kappa shape index (κ2) is 11.0. The SMILES string of the molecule is C=C=C(C)[C@H]1CCC2C3CC=C4C[C@@H](OC5C=C[C@H](OC(C)=O)[C@@H](COC(C)=O)O5)CC[C@]4(C)C3CC[C@@]21C. The van der Waals surface area contributed by atoms with Crippen LogP contribution < -0.4 is 0 Å². The number of carbonyl (C=O) groups is 2. The van der Waals surface area contributed by atoms with Gasteiger partial charge in [-0.25, -0.2) is 0 Å². The molecule has 0 radical (unpaired) electrons. The lowest BCUT2D eigenvalue weighted by molar-refractivity contribution is -0.213. The van der Waals surface area contributed by atoms with E-state index in [1.807, 2.05) is 6.08 Å². The number of rotatable bonds is 6. The highest BCUT2D eigenvalue weighted by Gasteiger charge is 2.58. The van der Waals surface area contributed by atoms with Crippen molar-refractivity contribution in [2.45, 2.75) is 111 Å². The number of fused-ring (bicyclic) bond motifs is 5. The molecule has 5 rings (SSSR count). The van der Waals surface area contributed by atoms with Gasteiger partial charge in [-0.2, -0.15) is 0 Å². The van der Waals surface area contributed by atoms with Crippen LogP contribution in [0.1, 0.15) is 86.0 Å². The van der Waals surface area contributed by atoms with Gasteiger partial charge in [-0.1, -0.05) is 32.1 Å². The Balaban J connectivity index is 1.25. The molecule has 3 fully saturated rings. The van der Waals surface area contributed by atoms with Crippen LogP contribution in [0.15, 0.2) is 41.7 Å². The smallest absolute Gasteiger partial charge is 0.303 e. The summed E-state index contributed by atoms with van der Waals surface area (Å²) in [6, 6.07) is 0. The Morgan fingerprint density at radius 1 is 1.05 bits per heavy atom. The molecular weight excluding hydrogens is 492 g/mol. The zero-order valence-electron chi connectivity index (χ0n) is 24.4. The Morgan fingerprint density at radius 2 is 1.85 bits per heavy atom. The minimum Gasteiger partial charge on any atom is -0.463 e. The van der Waals surface area contributed by atoms with E-state index in [0.29, 0.717) is 11.3 Å². The van der Waals surface area contributed by atoms with Crippen molar-refractivity contribution in [2.24, 2.45) is 34.5 Å².